The molecule has 1 N–H and O–H groups in total. The van der Waals surface area contributed by atoms with Gasteiger partial charge in [0.1, 0.15) is 0 Å². The molecule has 0 atom stereocenters. The number of rotatable bonds is 5. The molecule has 0 radical (unpaired) electrons. The fourth-order valence-electron chi connectivity index (χ4n) is 2.46. The highest BCUT2D eigenvalue weighted by Gasteiger charge is 2.01. The van der Waals surface area contributed by atoms with Gasteiger partial charge >= 0.3 is 0 Å². The SMILES string of the molecule is C=C(NCCc1ccccc1)c1ccccc1C.Cc1cccnc1.[HH]. The Morgan fingerprint density at radius 2 is 1.68 bits per heavy atom. The van der Waals surface area contributed by atoms with Gasteiger partial charge in [0.15, 0.2) is 0 Å². The van der Waals surface area contributed by atoms with E-state index in [2.05, 4.69) is 66.3 Å². The van der Waals surface area contributed by atoms with Gasteiger partial charge in [-0.1, -0.05) is 67.2 Å². The lowest BCUT2D eigenvalue weighted by Gasteiger charge is -2.12. The van der Waals surface area contributed by atoms with Crippen LogP contribution in [0.15, 0.2) is 85.7 Å². The van der Waals surface area contributed by atoms with Crippen molar-refractivity contribution in [3.8, 4) is 0 Å². The summed E-state index contributed by atoms with van der Waals surface area (Å²) in [4.78, 5) is 3.88. The molecule has 3 aromatic rings. The number of pyridine rings is 1. The minimum absolute atomic E-state index is 0. The lowest BCUT2D eigenvalue weighted by Crippen LogP contribution is -2.15. The van der Waals surface area contributed by atoms with Gasteiger partial charge in [0.05, 0.1) is 0 Å². The quantitative estimate of drug-likeness (QED) is 0.673. The second kappa shape index (κ2) is 10.1. The Bertz CT molecular complexity index is 770. The summed E-state index contributed by atoms with van der Waals surface area (Å²) < 4.78 is 0. The molecular formula is C23H28N2. The van der Waals surface area contributed by atoms with Crippen molar-refractivity contribution in [3.63, 3.8) is 0 Å². The Morgan fingerprint density at radius 3 is 2.28 bits per heavy atom. The number of aromatic nitrogens is 1. The fourth-order valence-corrected chi connectivity index (χ4v) is 2.46. The molecule has 0 spiro atoms. The van der Waals surface area contributed by atoms with Gasteiger partial charge in [-0.2, -0.15) is 0 Å². The molecule has 2 nitrogen and oxygen atoms in total. The number of hydrogen-bond acceptors (Lipinski definition) is 2. The zero-order valence-corrected chi connectivity index (χ0v) is 15.1. The van der Waals surface area contributed by atoms with Crippen LogP contribution in [0.4, 0.5) is 0 Å². The van der Waals surface area contributed by atoms with E-state index in [-0.39, 0.29) is 1.43 Å². The molecule has 0 aliphatic rings. The Balaban J connectivity index is 0.000000357. The van der Waals surface area contributed by atoms with Crippen molar-refractivity contribution in [2.24, 2.45) is 0 Å². The molecule has 0 aliphatic heterocycles. The molecule has 0 saturated carbocycles. The average molecular weight is 332 g/mol. The maximum atomic E-state index is 4.11. The maximum absolute atomic E-state index is 4.11. The Hall–Kier alpha value is -2.87. The lowest BCUT2D eigenvalue weighted by atomic mass is 10.1. The van der Waals surface area contributed by atoms with E-state index in [1.165, 1.54) is 22.3 Å². The zero-order chi connectivity index (χ0) is 17.9. The van der Waals surface area contributed by atoms with E-state index in [9.17, 15) is 0 Å². The normalized spacial score (nSPS) is 9.68. The lowest BCUT2D eigenvalue weighted by molar-refractivity contribution is 0.848. The summed E-state index contributed by atoms with van der Waals surface area (Å²) in [6, 6.07) is 22.8. The predicted molar refractivity (Wildman–Crippen MR) is 109 cm³/mol. The average Bonchev–Trinajstić information content (AvgIpc) is 2.64. The largest absolute Gasteiger partial charge is 0.385 e. The highest BCUT2D eigenvalue weighted by atomic mass is 14.9. The van der Waals surface area contributed by atoms with E-state index >= 15 is 0 Å². The molecule has 2 aromatic carbocycles. The van der Waals surface area contributed by atoms with Gasteiger partial charge in [-0.15, -0.1) is 0 Å². The molecule has 25 heavy (non-hydrogen) atoms. The summed E-state index contributed by atoms with van der Waals surface area (Å²) in [6.45, 7) is 9.15. The minimum atomic E-state index is 0. The molecule has 0 bridgehead atoms. The summed E-state index contributed by atoms with van der Waals surface area (Å²) in [5, 5.41) is 3.39. The third kappa shape index (κ3) is 6.64. The Labute approximate surface area is 152 Å². The van der Waals surface area contributed by atoms with E-state index in [1.54, 1.807) is 6.20 Å². The third-order valence-electron chi connectivity index (χ3n) is 3.87. The Kier molecular flexibility index (Phi) is 7.45. The van der Waals surface area contributed by atoms with Crippen LogP contribution in [0, 0.1) is 13.8 Å². The third-order valence-corrected chi connectivity index (χ3v) is 3.87. The van der Waals surface area contributed by atoms with Crippen LogP contribution in [0.3, 0.4) is 0 Å². The first-order valence-corrected chi connectivity index (χ1v) is 8.56. The van der Waals surface area contributed by atoms with Crippen LogP contribution < -0.4 is 5.32 Å². The smallest absolute Gasteiger partial charge is 0.0343 e. The van der Waals surface area contributed by atoms with Gasteiger partial charge in [-0.3, -0.25) is 4.98 Å². The fraction of sp³-hybridized carbons (Fsp3) is 0.174. The summed E-state index contributed by atoms with van der Waals surface area (Å²) in [5.41, 5.74) is 6.02. The topological polar surface area (TPSA) is 24.9 Å². The molecule has 0 saturated heterocycles. The standard InChI is InChI=1S/C17H19N.C6H7N.H2/c1-14-8-6-7-11-17(14)15(2)18-13-12-16-9-4-3-5-10-16;1-6-3-2-4-7-5-6;/h3-11,18H,2,12-13H2,1H3;2-5H,1H3;1H. The monoisotopic (exact) mass is 332 g/mol. The van der Waals surface area contributed by atoms with Crippen LogP contribution in [-0.2, 0) is 6.42 Å². The highest BCUT2D eigenvalue weighted by molar-refractivity contribution is 5.64. The van der Waals surface area contributed by atoms with Crippen LogP contribution in [0.2, 0.25) is 0 Å². The van der Waals surface area contributed by atoms with Crippen molar-refractivity contribution < 1.29 is 1.43 Å². The van der Waals surface area contributed by atoms with Crippen LogP contribution in [0.25, 0.3) is 5.70 Å². The zero-order valence-electron chi connectivity index (χ0n) is 15.1. The number of hydrogen-bond donors (Lipinski definition) is 1. The number of nitrogens with zero attached hydrogens (tertiary/aromatic N) is 1. The van der Waals surface area contributed by atoms with Crippen LogP contribution in [0.1, 0.15) is 23.7 Å². The van der Waals surface area contributed by atoms with E-state index in [4.69, 9.17) is 0 Å². The highest BCUT2D eigenvalue weighted by Crippen LogP contribution is 2.14. The van der Waals surface area contributed by atoms with E-state index in [0.717, 1.165) is 18.7 Å². The molecule has 130 valence electrons. The molecule has 0 unspecified atom stereocenters. The van der Waals surface area contributed by atoms with Crippen molar-refractivity contribution in [1.29, 1.82) is 0 Å². The van der Waals surface area contributed by atoms with E-state index in [0.29, 0.717) is 0 Å². The molecule has 0 fully saturated rings. The van der Waals surface area contributed by atoms with Gasteiger partial charge in [-0.25, -0.2) is 0 Å². The summed E-state index contributed by atoms with van der Waals surface area (Å²) in [7, 11) is 0. The molecule has 2 heteroatoms. The Morgan fingerprint density at radius 1 is 0.960 bits per heavy atom. The predicted octanol–water partition coefficient (Wildman–Crippen LogP) is 5.43. The van der Waals surface area contributed by atoms with Crippen LogP contribution in [0.5, 0.6) is 0 Å². The molecule has 1 heterocycles. The summed E-state index contributed by atoms with van der Waals surface area (Å²) in [5.74, 6) is 0. The first-order valence-electron chi connectivity index (χ1n) is 8.56. The van der Waals surface area contributed by atoms with Crippen LogP contribution in [-0.4, -0.2) is 11.5 Å². The summed E-state index contributed by atoms with van der Waals surface area (Å²) in [6.07, 6.45) is 4.62. The van der Waals surface area contributed by atoms with Gasteiger partial charge in [0.25, 0.3) is 0 Å². The second-order valence-electron chi connectivity index (χ2n) is 5.99. The van der Waals surface area contributed by atoms with Crippen molar-refractivity contribution in [1.82, 2.24) is 10.3 Å². The van der Waals surface area contributed by atoms with Gasteiger partial charge < -0.3 is 5.32 Å². The second-order valence-corrected chi connectivity index (χ2v) is 5.99. The number of benzene rings is 2. The van der Waals surface area contributed by atoms with Crippen molar-refractivity contribution in [2.75, 3.05) is 6.54 Å². The van der Waals surface area contributed by atoms with Gasteiger partial charge in [0, 0.05) is 26.1 Å². The maximum Gasteiger partial charge on any atom is 0.0343 e. The van der Waals surface area contributed by atoms with Crippen LogP contribution >= 0.6 is 0 Å². The number of aryl methyl sites for hydroxylation is 2. The van der Waals surface area contributed by atoms with Crippen molar-refractivity contribution in [2.45, 2.75) is 20.3 Å². The molecule has 1 aromatic heterocycles. The van der Waals surface area contributed by atoms with Crippen molar-refractivity contribution >= 4 is 5.70 Å². The first-order chi connectivity index (χ1) is 12.2. The van der Waals surface area contributed by atoms with Gasteiger partial charge in [-0.05, 0) is 48.6 Å². The molecule has 0 aliphatic carbocycles. The summed E-state index contributed by atoms with van der Waals surface area (Å²) >= 11 is 0. The minimum Gasteiger partial charge on any atom is -0.385 e. The molecular weight excluding hydrogens is 304 g/mol. The molecule has 3 rings (SSSR count). The van der Waals surface area contributed by atoms with Gasteiger partial charge in [0.2, 0.25) is 0 Å². The van der Waals surface area contributed by atoms with E-state index < -0.39 is 0 Å². The van der Waals surface area contributed by atoms with E-state index in [1.807, 2.05) is 37.4 Å². The van der Waals surface area contributed by atoms with Crippen molar-refractivity contribution in [3.05, 3.63) is 108 Å². The number of nitrogens with one attached hydrogen (secondary N) is 1. The molecule has 0 amide bonds. The first kappa shape index (κ1) is 18.5.